The average molecular weight is 365 g/mol. The van der Waals surface area contributed by atoms with Gasteiger partial charge in [-0.25, -0.2) is 4.79 Å². The van der Waals surface area contributed by atoms with Crippen LogP contribution in [0.1, 0.15) is 24.9 Å². The SMILES string of the molecule is CC(N)=C(C#N)C(=O)COC(=O)CC(NC(N)=O)c1ccc(Cl)cc1. The molecule has 0 heterocycles. The second-order valence-electron chi connectivity index (χ2n) is 5.07. The molecule has 0 saturated heterocycles. The van der Waals surface area contributed by atoms with Gasteiger partial charge in [0.15, 0.2) is 6.61 Å². The number of rotatable bonds is 7. The van der Waals surface area contributed by atoms with E-state index in [4.69, 9.17) is 33.1 Å². The summed E-state index contributed by atoms with van der Waals surface area (Å²) in [5, 5.41) is 11.7. The van der Waals surface area contributed by atoms with Crippen molar-refractivity contribution in [3.05, 3.63) is 46.1 Å². The van der Waals surface area contributed by atoms with Crippen LogP contribution < -0.4 is 16.8 Å². The molecule has 132 valence electrons. The topological polar surface area (TPSA) is 148 Å². The van der Waals surface area contributed by atoms with Crippen LogP contribution in [0.3, 0.4) is 0 Å². The number of Topliss-reactive ketones (excluding diaryl/α,β-unsaturated/α-hetero) is 1. The van der Waals surface area contributed by atoms with Gasteiger partial charge in [-0.2, -0.15) is 5.26 Å². The minimum atomic E-state index is -0.822. The van der Waals surface area contributed by atoms with Gasteiger partial charge in [0.05, 0.1) is 12.5 Å². The predicted octanol–water partition coefficient (Wildman–Crippen LogP) is 1.31. The Morgan fingerprint density at radius 1 is 1.28 bits per heavy atom. The van der Waals surface area contributed by atoms with Crippen LogP contribution in [0.4, 0.5) is 4.79 Å². The quantitative estimate of drug-likeness (QED) is 0.377. The lowest BCUT2D eigenvalue weighted by molar-refractivity contribution is -0.147. The van der Waals surface area contributed by atoms with Gasteiger partial charge in [0.1, 0.15) is 11.6 Å². The smallest absolute Gasteiger partial charge is 0.312 e. The van der Waals surface area contributed by atoms with Gasteiger partial charge in [-0.1, -0.05) is 23.7 Å². The number of amides is 2. The number of urea groups is 1. The maximum absolute atomic E-state index is 11.9. The molecule has 1 atom stereocenters. The monoisotopic (exact) mass is 364 g/mol. The first-order valence-electron chi connectivity index (χ1n) is 7.11. The van der Waals surface area contributed by atoms with Crippen molar-refractivity contribution in [1.29, 1.82) is 5.26 Å². The Labute approximate surface area is 149 Å². The minimum Gasteiger partial charge on any atom is -0.457 e. The van der Waals surface area contributed by atoms with Crippen LogP contribution in [0.25, 0.3) is 0 Å². The maximum atomic E-state index is 11.9. The second-order valence-corrected chi connectivity index (χ2v) is 5.51. The first-order chi connectivity index (χ1) is 11.7. The number of ketones is 1. The van der Waals surface area contributed by atoms with E-state index in [0.29, 0.717) is 10.6 Å². The lowest BCUT2D eigenvalue weighted by Crippen LogP contribution is -2.34. The van der Waals surface area contributed by atoms with Gasteiger partial charge >= 0.3 is 12.0 Å². The summed E-state index contributed by atoms with van der Waals surface area (Å²) in [6, 6.07) is 6.51. The van der Waals surface area contributed by atoms with E-state index >= 15 is 0 Å². The molecular formula is C16H17ClN4O4. The molecule has 9 heteroatoms. The molecule has 0 aliphatic rings. The molecule has 25 heavy (non-hydrogen) atoms. The third-order valence-electron chi connectivity index (χ3n) is 3.11. The Morgan fingerprint density at radius 3 is 2.36 bits per heavy atom. The average Bonchev–Trinajstić information content (AvgIpc) is 2.53. The molecule has 1 aromatic carbocycles. The normalized spacial score (nSPS) is 12.4. The van der Waals surface area contributed by atoms with Crippen LogP contribution in [0.2, 0.25) is 5.02 Å². The third-order valence-corrected chi connectivity index (χ3v) is 3.36. The van der Waals surface area contributed by atoms with Gasteiger partial charge in [-0.05, 0) is 24.6 Å². The van der Waals surface area contributed by atoms with E-state index in [-0.39, 0.29) is 17.7 Å². The molecule has 5 N–H and O–H groups in total. The highest BCUT2D eigenvalue weighted by Gasteiger charge is 2.20. The number of nitrogens with zero attached hydrogens (tertiary/aromatic N) is 1. The second kappa shape index (κ2) is 9.30. The van der Waals surface area contributed by atoms with Gasteiger partial charge in [0.2, 0.25) is 5.78 Å². The zero-order valence-corrected chi connectivity index (χ0v) is 14.2. The molecule has 0 aliphatic heterocycles. The number of allylic oxidation sites excluding steroid dienone is 1. The van der Waals surface area contributed by atoms with Crippen molar-refractivity contribution in [3.63, 3.8) is 0 Å². The van der Waals surface area contributed by atoms with Gasteiger partial charge < -0.3 is 21.5 Å². The number of hydrogen-bond acceptors (Lipinski definition) is 6. The number of esters is 1. The Hall–Kier alpha value is -3.05. The fourth-order valence-corrected chi connectivity index (χ4v) is 2.06. The van der Waals surface area contributed by atoms with Crippen molar-refractivity contribution in [2.45, 2.75) is 19.4 Å². The Morgan fingerprint density at radius 2 is 1.88 bits per heavy atom. The Balaban J connectivity index is 2.75. The highest BCUT2D eigenvalue weighted by molar-refractivity contribution is 6.30. The standard InChI is InChI=1S/C16H17ClN4O4/c1-9(19)12(7-18)14(22)8-25-15(23)6-13(21-16(20)24)10-2-4-11(17)5-3-10/h2-5,13H,6,8,19H2,1H3,(H3,20,21,24). The molecule has 1 rings (SSSR count). The molecule has 0 saturated carbocycles. The summed E-state index contributed by atoms with van der Waals surface area (Å²) in [7, 11) is 0. The molecule has 0 spiro atoms. The van der Waals surface area contributed by atoms with E-state index < -0.39 is 30.4 Å². The van der Waals surface area contributed by atoms with Crippen molar-refractivity contribution in [1.82, 2.24) is 5.32 Å². The zero-order chi connectivity index (χ0) is 19.0. The van der Waals surface area contributed by atoms with E-state index in [1.54, 1.807) is 30.3 Å². The number of nitriles is 1. The molecule has 0 fully saturated rings. The highest BCUT2D eigenvalue weighted by Crippen LogP contribution is 2.20. The fourth-order valence-electron chi connectivity index (χ4n) is 1.93. The number of hydrogen-bond donors (Lipinski definition) is 3. The largest absolute Gasteiger partial charge is 0.457 e. The van der Waals surface area contributed by atoms with Crippen molar-refractivity contribution >= 4 is 29.4 Å². The number of carbonyl (C=O) groups excluding carboxylic acids is 3. The molecule has 8 nitrogen and oxygen atoms in total. The van der Waals surface area contributed by atoms with Crippen LogP contribution in [0.15, 0.2) is 35.5 Å². The number of nitrogens with one attached hydrogen (secondary N) is 1. The van der Waals surface area contributed by atoms with Crippen LogP contribution in [0.5, 0.6) is 0 Å². The molecule has 1 aromatic rings. The van der Waals surface area contributed by atoms with E-state index in [1.165, 1.54) is 6.92 Å². The number of nitrogens with two attached hydrogens (primary N) is 2. The Kier molecular flexibility index (Phi) is 7.43. The first-order valence-corrected chi connectivity index (χ1v) is 7.49. The first kappa shape index (κ1) is 20.0. The van der Waals surface area contributed by atoms with E-state index in [0.717, 1.165) is 0 Å². The lowest BCUT2D eigenvalue weighted by atomic mass is 10.0. The summed E-state index contributed by atoms with van der Waals surface area (Å²) in [6.07, 6.45) is -0.259. The van der Waals surface area contributed by atoms with Crippen molar-refractivity contribution in [2.75, 3.05) is 6.61 Å². The summed E-state index contributed by atoms with van der Waals surface area (Å²) in [5.74, 6) is -1.46. The van der Waals surface area contributed by atoms with Gasteiger partial charge in [-0.15, -0.1) is 0 Å². The van der Waals surface area contributed by atoms with Gasteiger partial charge in [0, 0.05) is 10.7 Å². The van der Waals surface area contributed by atoms with Gasteiger partial charge in [-0.3, -0.25) is 9.59 Å². The number of benzene rings is 1. The fraction of sp³-hybridized carbons (Fsp3) is 0.250. The molecule has 1 unspecified atom stereocenters. The summed E-state index contributed by atoms with van der Waals surface area (Å²) in [4.78, 5) is 34.8. The number of ether oxygens (including phenoxy) is 1. The third kappa shape index (κ3) is 6.53. The van der Waals surface area contributed by atoms with Crippen molar-refractivity contribution in [2.24, 2.45) is 11.5 Å². The molecule has 0 aromatic heterocycles. The highest BCUT2D eigenvalue weighted by atomic mass is 35.5. The lowest BCUT2D eigenvalue weighted by Gasteiger charge is -2.17. The number of halogens is 1. The predicted molar refractivity (Wildman–Crippen MR) is 90.0 cm³/mol. The summed E-state index contributed by atoms with van der Waals surface area (Å²) >= 11 is 5.80. The molecular weight excluding hydrogens is 348 g/mol. The number of primary amides is 1. The van der Waals surface area contributed by atoms with Gasteiger partial charge in [0.25, 0.3) is 0 Å². The summed E-state index contributed by atoms with van der Waals surface area (Å²) in [6.45, 7) is 0.770. The van der Waals surface area contributed by atoms with E-state index in [9.17, 15) is 14.4 Å². The summed E-state index contributed by atoms with van der Waals surface area (Å²) in [5.41, 5.74) is 10.9. The molecule has 0 aliphatic carbocycles. The molecule has 0 bridgehead atoms. The Bertz CT molecular complexity index is 733. The van der Waals surface area contributed by atoms with Crippen LogP contribution in [-0.2, 0) is 14.3 Å². The molecule has 2 amide bonds. The van der Waals surface area contributed by atoms with Crippen LogP contribution >= 0.6 is 11.6 Å². The van der Waals surface area contributed by atoms with Crippen LogP contribution in [-0.4, -0.2) is 24.4 Å². The minimum absolute atomic E-state index is 0.0398. The maximum Gasteiger partial charge on any atom is 0.312 e. The van der Waals surface area contributed by atoms with E-state index in [1.807, 2.05) is 0 Å². The van der Waals surface area contributed by atoms with E-state index in [2.05, 4.69) is 5.32 Å². The van der Waals surface area contributed by atoms with Crippen molar-refractivity contribution < 1.29 is 19.1 Å². The molecule has 0 radical (unpaired) electrons. The zero-order valence-electron chi connectivity index (χ0n) is 13.4. The van der Waals surface area contributed by atoms with Crippen LogP contribution in [0, 0.1) is 11.3 Å². The summed E-state index contributed by atoms with van der Waals surface area (Å²) < 4.78 is 4.85. The number of carbonyl (C=O) groups is 3. The van der Waals surface area contributed by atoms with Crippen molar-refractivity contribution in [3.8, 4) is 6.07 Å².